The van der Waals surface area contributed by atoms with Crippen molar-refractivity contribution in [2.45, 2.75) is 58.1 Å². The second kappa shape index (κ2) is 7.91. The number of nitrogens with one attached hydrogen (secondary N) is 2. The number of ether oxygens (including phenoxy) is 1. The highest BCUT2D eigenvalue weighted by molar-refractivity contribution is 5.99. The number of rotatable bonds is 4. The summed E-state index contributed by atoms with van der Waals surface area (Å²) in [6, 6.07) is 7.64. The molecule has 1 atom stereocenters. The van der Waals surface area contributed by atoms with Crippen LogP contribution in [-0.4, -0.2) is 28.5 Å². The molecule has 26 heavy (non-hydrogen) atoms. The molecule has 1 saturated heterocycles. The van der Waals surface area contributed by atoms with Gasteiger partial charge < -0.3 is 15.4 Å². The summed E-state index contributed by atoms with van der Waals surface area (Å²) in [6.45, 7) is 8.04. The van der Waals surface area contributed by atoms with Crippen LogP contribution in [0.1, 0.15) is 45.6 Å². The van der Waals surface area contributed by atoms with Crippen molar-refractivity contribution in [1.29, 1.82) is 0 Å². The molecule has 1 aromatic heterocycles. The van der Waals surface area contributed by atoms with E-state index in [1.807, 2.05) is 35.1 Å². The summed E-state index contributed by atoms with van der Waals surface area (Å²) in [6.07, 6.45) is 7.11. The zero-order valence-electron chi connectivity index (χ0n) is 15.8. The fourth-order valence-electron chi connectivity index (χ4n) is 3.04. The van der Waals surface area contributed by atoms with E-state index in [1.54, 1.807) is 6.20 Å². The standard InChI is InChI=1S/C20H28N4O2/c1-20(2,3)15-7-9-16(10-8-15)22-19(25)23-17-12-21-24(13-17)14-18-6-4-5-11-26-18/h7-10,12-13,18H,4-6,11,14H2,1-3H3,(H2,22,23,25). The summed E-state index contributed by atoms with van der Waals surface area (Å²) >= 11 is 0. The molecule has 140 valence electrons. The monoisotopic (exact) mass is 356 g/mol. The predicted octanol–water partition coefficient (Wildman–Crippen LogP) is 4.39. The van der Waals surface area contributed by atoms with Gasteiger partial charge in [0.1, 0.15) is 0 Å². The quantitative estimate of drug-likeness (QED) is 0.853. The maximum absolute atomic E-state index is 12.2. The fraction of sp³-hybridized carbons (Fsp3) is 0.500. The molecule has 1 fully saturated rings. The Morgan fingerprint density at radius 3 is 2.58 bits per heavy atom. The second-order valence-corrected chi connectivity index (χ2v) is 7.85. The summed E-state index contributed by atoms with van der Waals surface area (Å²) in [5.74, 6) is 0. The Kier molecular flexibility index (Phi) is 5.61. The highest BCUT2D eigenvalue weighted by Gasteiger charge is 2.15. The normalized spacial score (nSPS) is 17.7. The van der Waals surface area contributed by atoms with Gasteiger partial charge in [-0.15, -0.1) is 0 Å². The summed E-state index contributed by atoms with van der Waals surface area (Å²) in [5, 5.41) is 9.97. The van der Waals surface area contributed by atoms with Crippen LogP contribution >= 0.6 is 0 Å². The lowest BCUT2D eigenvalue weighted by Crippen LogP contribution is -2.24. The number of urea groups is 1. The minimum Gasteiger partial charge on any atom is -0.376 e. The van der Waals surface area contributed by atoms with Crippen LogP contribution in [0.2, 0.25) is 0 Å². The summed E-state index contributed by atoms with van der Waals surface area (Å²) in [4.78, 5) is 12.2. The van der Waals surface area contributed by atoms with Gasteiger partial charge in [-0.05, 0) is 42.4 Å². The minimum absolute atomic E-state index is 0.0947. The maximum atomic E-state index is 12.2. The van der Waals surface area contributed by atoms with Gasteiger partial charge in [-0.3, -0.25) is 4.68 Å². The number of carbonyl (C=O) groups is 1. The van der Waals surface area contributed by atoms with Gasteiger partial charge in [-0.1, -0.05) is 32.9 Å². The Balaban J connectivity index is 1.51. The van der Waals surface area contributed by atoms with E-state index >= 15 is 0 Å². The first-order valence-electron chi connectivity index (χ1n) is 9.23. The first kappa shape index (κ1) is 18.5. The van der Waals surface area contributed by atoms with Crippen molar-refractivity contribution in [3.8, 4) is 0 Å². The van der Waals surface area contributed by atoms with Gasteiger partial charge in [0.15, 0.2) is 0 Å². The van der Waals surface area contributed by atoms with Crippen LogP contribution in [0.5, 0.6) is 0 Å². The second-order valence-electron chi connectivity index (χ2n) is 7.85. The van der Waals surface area contributed by atoms with E-state index in [-0.39, 0.29) is 17.6 Å². The van der Waals surface area contributed by atoms with E-state index in [4.69, 9.17) is 4.74 Å². The SMILES string of the molecule is CC(C)(C)c1ccc(NC(=O)Nc2cnn(CC3CCCCO3)c2)cc1. The van der Waals surface area contributed by atoms with Crippen molar-refractivity contribution in [3.05, 3.63) is 42.2 Å². The van der Waals surface area contributed by atoms with Gasteiger partial charge in [-0.25, -0.2) is 4.79 Å². The summed E-state index contributed by atoms with van der Waals surface area (Å²) in [7, 11) is 0. The van der Waals surface area contributed by atoms with Crippen LogP contribution in [0.3, 0.4) is 0 Å². The van der Waals surface area contributed by atoms with Gasteiger partial charge in [-0.2, -0.15) is 5.10 Å². The smallest absolute Gasteiger partial charge is 0.323 e. The molecule has 6 heteroatoms. The third-order valence-corrected chi connectivity index (χ3v) is 4.56. The predicted molar refractivity (Wildman–Crippen MR) is 104 cm³/mol. The van der Waals surface area contributed by atoms with Gasteiger partial charge in [0, 0.05) is 18.5 Å². The molecule has 0 bridgehead atoms. The largest absolute Gasteiger partial charge is 0.376 e. The highest BCUT2D eigenvalue weighted by atomic mass is 16.5. The molecule has 2 amide bonds. The van der Waals surface area contributed by atoms with Gasteiger partial charge >= 0.3 is 6.03 Å². The molecule has 3 rings (SSSR count). The number of aromatic nitrogens is 2. The fourth-order valence-corrected chi connectivity index (χ4v) is 3.04. The third kappa shape index (κ3) is 5.08. The van der Waals surface area contributed by atoms with Crippen molar-refractivity contribution in [3.63, 3.8) is 0 Å². The zero-order valence-corrected chi connectivity index (χ0v) is 15.8. The maximum Gasteiger partial charge on any atom is 0.323 e. The Morgan fingerprint density at radius 2 is 1.92 bits per heavy atom. The molecular weight excluding hydrogens is 328 g/mol. The van der Waals surface area contributed by atoms with Gasteiger partial charge in [0.25, 0.3) is 0 Å². The molecule has 0 aliphatic carbocycles. The number of nitrogens with zero attached hydrogens (tertiary/aromatic N) is 2. The van der Waals surface area contributed by atoms with Crippen LogP contribution in [0, 0.1) is 0 Å². The molecule has 1 aliphatic heterocycles. The zero-order chi connectivity index (χ0) is 18.6. The Hall–Kier alpha value is -2.34. The summed E-state index contributed by atoms with van der Waals surface area (Å²) < 4.78 is 7.55. The molecule has 6 nitrogen and oxygen atoms in total. The lowest BCUT2D eigenvalue weighted by atomic mass is 9.87. The number of carbonyl (C=O) groups excluding carboxylic acids is 1. The molecular formula is C20H28N4O2. The van der Waals surface area contributed by atoms with Crippen molar-refractivity contribution in [2.24, 2.45) is 0 Å². The van der Waals surface area contributed by atoms with E-state index in [1.165, 1.54) is 12.0 Å². The number of anilines is 2. The molecule has 0 saturated carbocycles. The van der Waals surface area contributed by atoms with E-state index in [9.17, 15) is 4.79 Å². The molecule has 1 aromatic carbocycles. The molecule has 2 heterocycles. The molecule has 2 N–H and O–H groups in total. The van der Waals surface area contributed by atoms with Gasteiger partial charge in [0.2, 0.25) is 0 Å². The van der Waals surface area contributed by atoms with Crippen molar-refractivity contribution in [2.75, 3.05) is 17.2 Å². The van der Waals surface area contributed by atoms with Crippen molar-refractivity contribution < 1.29 is 9.53 Å². The molecule has 0 spiro atoms. The van der Waals surface area contributed by atoms with Crippen molar-refractivity contribution >= 4 is 17.4 Å². The number of hydrogen-bond acceptors (Lipinski definition) is 3. The van der Waals surface area contributed by atoms with Crippen LogP contribution in [0.25, 0.3) is 0 Å². The Morgan fingerprint density at radius 1 is 1.19 bits per heavy atom. The molecule has 0 radical (unpaired) electrons. The minimum atomic E-state index is -0.276. The first-order valence-corrected chi connectivity index (χ1v) is 9.23. The number of benzene rings is 1. The van der Waals surface area contributed by atoms with Crippen LogP contribution < -0.4 is 10.6 Å². The highest BCUT2D eigenvalue weighted by Crippen LogP contribution is 2.23. The topological polar surface area (TPSA) is 68.2 Å². The lowest BCUT2D eigenvalue weighted by molar-refractivity contribution is 0.00401. The third-order valence-electron chi connectivity index (χ3n) is 4.56. The molecule has 1 unspecified atom stereocenters. The number of hydrogen-bond donors (Lipinski definition) is 2. The Bertz CT molecular complexity index is 725. The average Bonchev–Trinajstić information content (AvgIpc) is 3.02. The van der Waals surface area contributed by atoms with Crippen molar-refractivity contribution in [1.82, 2.24) is 9.78 Å². The van der Waals surface area contributed by atoms with E-state index in [0.717, 1.165) is 31.7 Å². The van der Waals surface area contributed by atoms with Crippen LogP contribution in [-0.2, 0) is 16.7 Å². The van der Waals surface area contributed by atoms with E-state index < -0.39 is 0 Å². The summed E-state index contributed by atoms with van der Waals surface area (Å²) in [5.41, 5.74) is 2.76. The van der Waals surface area contributed by atoms with Gasteiger partial charge in [0.05, 0.1) is 24.5 Å². The van der Waals surface area contributed by atoms with E-state index in [0.29, 0.717) is 5.69 Å². The van der Waals surface area contributed by atoms with E-state index in [2.05, 4.69) is 36.5 Å². The molecule has 1 aliphatic rings. The molecule has 2 aromatic rings. The average molecular weight is 356 g/mol. The number of amides is 2. The lowest BCUT2D eigenvalue weighted by Gasteiger charge is -2.22. The Labute approximate surface area is 154 Å². The first-order chi connectivity index (χ1) is 12.4. The van der Waals surface area contributed by atoms with Crippen LogP contribution in [0.15, 0.2) is 36.7 Å². The van der Waals surface area contributed by atoms with Crippen LogP contribution in [0.4, 0.5) is 16.2 Å².